The molecule has 2 amide bonds. The number of nitrogens with one attached hydrogen (secondary N) is 1. The molecule has 0 radical (unpaired) electrons. The minimum Gasteiger partial charge on any atom is -0.481 e. The zero-order chi connectivity index (χ0) is 17.7. The van der Waals surface area contributed by atoms with Crippen LogP contribution in [0.5, 0.6) is 0 Å². The van der Waals surface area contributed by atoms with Crippen LogP contribution in [0.2, 0.25) is 0 Å². The predicted molar refractivity (Wildman–Crippen MR) is 86.2 cm³/mol. The number of carboxylic acid groups (broad SMARTS) is 1. The number of carbonyl (C=O) groups is 4. The molecule has 4 atom stereocenters. The highest BCUT2D eigenvalue weighted by Crippen LogP contribution is 2.23. The molecule has 9 heteroatoms. The molecule has 1 saturated heterocycles. The Morgan fingerprint density at radius 1 is 1.43 bits per heavy atom. The number of Topliss-reactive ketones (excluding diaryl/α,β-unsaturated/α-hetero) is 1. The van der Waals surface area contributed by atoms with Gasteiger partial charge in [-0.25, -0.2) is 0 Å². The third-order valence-corrected chi connectivity index (χ3v) is 4.39. The fourth-order valence-electron chi connectivity index (χ4n) is 2.33. The van der Waals surface area contributed by atoms with Gasteiger partial charge in [-0.2, -0.15) is 0 Å². The van der Waals surface area contributed by atoms with E-state index in [4.69, 9.17) is 10.8 Å². The SMILES string of the molecule is CC(C)[C@H](N)C(=O)N[C@@H](CCC(=O)O)C(=O)C1CC(=O)N(P)C1. The van der Waals surface area contributed by atoms with E-state index in [9.17, 15) is 19.2 Å². The average molecular weight is 345 g/mol. The normalized spacial score (nSPS) is 20.5. The lowest BCUT2D eigenvalue weighted by molar-refractivity contribution is -0.138. The van der Waals surface area contributed by atoms with Crippen LogP contribution in [0.25, 0.3) is 0 Å². The van der Waals surface area contributed by atoms with Crippen molar-refractivity contribution in [3.8, 4) is 0 Å². The van der Waals surface area contributed by atoms with Gasteiger partial charge in [0.15, 0.2) is 5.78 Å². The highest BCUT2D eigenvalue weighted by molar-refractivity contribution is 7.14. The summed E-state index contributed by atoms with van der Waals surface area (Å²) >= 11 is 0. The quantitative estimate of drug-likeness (QED) is 0.510. The second kappa shape index (κ2) is 8.36. The van der Waals surface area contributed by atoms with Crippen LogP contribution in [0.4, 0.5) is 0 Å². The van der Waals surface area contributed by atoms with Crippen LogP contribution in [0, 0.1) is 11.8 Å². The maximum Gasteiger partial charge on any atom is 0.303 e. The summed E-state index contributed by atoms with van der Waals surface area (Å²) in [4.78, 5) is 46.9. The van der Waals surface area contributed by atoms with Crippen LogP contribution in [0.15, 0.2) is 0 Å². The molecule has 0 aliphatic carbocycles. The number of amides is 2. The van der Waals surface area contributed by atoms with Gasteiger partial charge < -0.3 is 20.8 Å². The van der Waals surface area contributed by atoms with E-state index in [0.717, 1.165) is 0 Å². The Hall–Kier alpha value is -1.53. The van der Waals surface area contributed by atoms with Crippen molar-refractivity contribution in [1.29, 1.82) is 0 Å². The van der Waals surface area contributed by atoms with Crippen molar-refractivity contribution in [3.05, 3.63) is 0 Å². The summed E-state index contributed by atoms with van der Waals surface area (Å²) in [7, 11) is 2.25. The van der Waals surface area contributed by atoms with E-state index in [1.54, 1.807) is 13.8 Å². The molecule has 130 valence electrons. The molecule has 0 aromatic carbocycles. The van der Waals surface area contributed by atoms with Gasteiger partial charge >= 0.3 is 5.97 Å². The number of aliphatic carboxylic acids is 1. The molecule has 2 unspecified atom stereocenters. The number of ketones is 1. The fraction of sp³-hybridized carbons (Fsp3) is 0.714. The fourth-order valence-corrected chi connectivity index (χ4v) is 2.69. The lowest BCUT2D eigenvalue weighted by atomic mass is 9.93. The summed E-state index contributed by atoms with van der Waals surface area (Å²) in [5.41, 5.74) is 5.76. The molecule has 0 aromatic rings. The number of carbonyl (C=O) groups excluding carboxylic acids is 3. The van der Waals surface area contributed by atoms with Crippen LogP contribution in [-0.2, 0) is 19.2 Å². The standard InChI is InChI=1S/C14H24N3O5P/c1-7(2)12(15)14(22)16-9(3-4-11(19)20)13(21)8-5-10(18)17(23)6-8/h7-9,12H,3-6,15,23H2,1-2H3,(H,16,22)(H,19,20)/t8?,9-,12-/m0/s1. The van der Waals surface area contributed by atoms with E-state index in [2.05, 4.69) is 14.7 Å². The smallest absolute Gasteiger partial charge is 0.303 e. The molecule has 0 spiro atoms. The Labute approximate surface area is 137 Å². The van der Waals surface area contributed by atoms with Crippen LogP contribution in [0.3, 0.4) is 0 Å². The number of rotatable bonds is 8. The van der Waals surface area contributed by atoms with E-state index in [1.165, 1.54) is 4.67 Å². The summed E-state index contributed by atoms with van der Waals surface area (Å²) in [6, 6.07) is -1.73. The molecule has 23 heavy (non-hydrogen) atoms. The van der Waals surface area contributed by atoms with Gasteiger partial charge in [0.25, 0.3) is 0 Å². The highest BCUT2D eigenvalue weighted by Gasteiger charge is 2.37. The predicted octanol–water partition coefficient (Wildman–Crippen LogP) is -0.473. The zero-order valence-corrected chi connectivity index (χ0v) is 14.5. The van der Waals surface area contributed by atoms with Crippen molar-refractivity contribution >= 4 is 33.0 Å². The van der Waals surface area contributed by atoms with Crippen LogP contribution < -0.4 is 11.1 Å². The first-order chi connectivity index (χ1) is 10.6. The Morgan fingerprint density at radius 2 is 2.04 bits per heavy atom. The minimum absolute atomic E-state index is 0.0216. The molecule has 1 rings (SSSR count). The van der Waals surface area contributed by atoms with Crippen molar-refractivity contribution in [1.82, 2.24) is 9.99 Å². The second-order valence-electron chi connectivity index (χ2n) is 6.11. The first-order valence-electron chi connectivity index (χ1n) is 7.50. The number of hydrogen-bond acceptors (Lipinski definition) is 5. The third kappa shape index (κ3) is 5.55. The molecule has 1 fully saturated rings. The molecule has 0 saturated carbocycles. The summed E-state index contributed by atoms with van der Waals surface area (Å²) < 4.78 is 1.37. The molecular weight excluding hydrogens is 321 g/mol. The van der Waals surface area contributed by atoms with Crippen LogP contribution in [-0.4, -0.2) is 52.0 Å². The molecule has 0 bridgehead atoms. The van der Waals surface area contributed by atoms with Crippen molar-refractivity contribution in [2.45, 2.75) is 45.2 Å². The van der Waals surface area contributed by atoms with Gasteiger partial charge in [-0.05, 0) is 21.7 Å². The molecule has 1 aliphatic rings. The van der Waals surface area contributed by atoms with Gasteiger partial charge in [0.05, 0.1) is 12.1 Å². The Bertz CT molecular complexity index is 497. The average Bonchev–Trinajstić information content (AvgIpc) is 2.80. The summed E-state index contributed by atoms with van der Waals surface area (Å²) in [5, 5.41) is 11.4. The first kappa shape index (κ1) is 19.5. The molecular formula is C14H24N3O5P. The zero-order valence-electron chi connectivity index (χ0n) is 13.3. The number of nitrogens with zero attached hydrogens (tertiary/aromatic N) is 1. The van der Waals surface area contributed by atoms with Crippen molar-refractivity contribution in [2.75, 3.05) is 6.54 Å². The van der Waals surface area contributed by atoms with Crippen LogP contribution >= 0.6 is 9.39 Å². The van der Waals surface area contributed by atoms with Gasteiger partial charge in [-0.3, -0.25) is 19.2 Å². The van der Waals surface area contributed by atoms with Gasteiger partial charge in [0.2, 0.25) is 11.8 Å². The van der Waals surface area contributed by atoms with Gasteiger partial charge in [0.1, 0.15) is 0 Å². The van der Waals surface area contributed by atoms with Gasteiger partial charge in [-0.15, -0.1) is 0 Å². The highest BCUT2D eigenvalue weighted by atomic mass is 31.0. The van der Waals surface area contributed by atoms with E-state index in [0.29, 0.717) is 0 Å². The first-order valence-corrected chi connectivity index (χ1v) is 8.01. The lowest BCUT2D eigenvalue weighted by Crippen LogP contribution is -2.51. The molecule has 0 aromatic heterocycles. The lowest BCUT2D eigenvalue weighted by Gasteiger charge is -2.23. The summed E-state index contributed by atoms with van der Waals surface area (Å²) in [6.45, 7) is 3.80. The molecule has 1 heterocycles. The number of hydrogen-bond donors (Lipinski definition) is 3. The monoisotopic (exact) mass is 345 g/mol. The van der Waals surface area contributed by atoms with E-state index in [-0.39, 0.29) is 43.4 Å². The minimum atomic E-state index is -1.06. The third-order valence-electron chi connectivity index (χ3n) is 3.89. The molecule has 1 aliphatic heterocycles. The largest absolute Gasteiger partial charge is 0.481 e. The molecule has 4 N–H and O–H groups in total. The summed E-state index contributed by atoms with van der Waals surface area (Å²) in [6.07, 6.45) is -0.205. The number of nitrogens with two attached hydrogens (primary N) is 1. The maximum atomic E-state index is 12.5. The van der Waals surface area contributed by atoms with Crippen molar-refractivity contribution in [3.63, 3.8) is 0 Å². The van der Waals surface area contributed by atoms with Gasteiger partial charge in [0, 0.05) is 25.3 Å². The van der Waals surface area contributed by atoms with E-state index >= 15 is 0 Å². The second-order valence-corrected chi connectivity index (χ2v) is 6.74. The topological polar surface area (TPSA) is 130 Å². The Morgan fingerprint density at radius 3 is 2.48 bits per heavy atom. The van der Waals surface area contributed by atoms with Crippen molar-refractivity contribution in [2.24, 2.45) is 17.6 Å². The maximum absolute atomic E-state index is 12.5. The van der Waals surface area contributed by atoms with Crippen LogP contribution in [0.1, 0.15) is 33.1 Å². The van der Waals surface area contributed by atoms with Crippen molar-refractivity contribution < 1.29 is 24.3 Å². The number of carboxylic acids is 1. The summed E-state index contributed by atoms with van der Waals surface area (Å²) in [5.74, 6) is -2.70. The Kier molecular flexibility index (Phi) is 7.09. The van der Waals surface area contributed by atoms with E-state index < -0.39 is 29.9 Å². The van der Waals surface area contributed by atoms with E-state index in [1.807, 2.05) is 0 Å². The molecule has 8 nitrogen and oxygen atoms in total. The van der Waals surface area contributed by atoms with Gasteiger partial charge in [-0.1, -0.05) is 13.8 Å². The Balaban J connectivity index is 2.79.